The van der Waals surface area contributed by atoms with Crippen LogP contribution in [0, 0.1) is 13.8 Å². The van der Waals surface area contributed by atoms with Crippen LogP contribution < -0.4 is 5.32 Å². The van der Waals surface area contributed by atoms with Crippen LogP contribution in [0.1, 0.15) is 46.2 Å². The van der Waals surface area contributed by atoms with Crippen molar-refractivity contribution in [3.63, 3.8) is 0 Å². The lowest BCUT2D eigenvalue weighted by Gasteiger charge is -2.47. The molecule has 1 aliphatic rings. The molecule has 0 unspecified atom stereocenters. The van der Waals surface area contributed by atoms with E-state index >= 15 is 16.8 Å². The lowest BCUT2D eigenvalue weighted by Crippen LogP contribution is -2.62. The van der Waals surface area contributed by atoms with E-state index in [0.717, 1.165) is 52.8 Å². The van der Waals surface area contributed by atoms with E-state index in [0.29, 0.717) is 26.2 Å². The zero-order chi connectivity index (χ0) is 42.1. The Hall–Kier alpha value is -4.94. The van der Waals surface area contributed by atoms with Crippen molar-refractivity contribution < 1.29 is 20.1 Å². The first-order chi connectivity index (χ1) is 29.1. The summed E-state index contributed by atoms with van der Waals surface area (Å²) < 4.78 is 62.1. The summed E-state index contributed by atoms with van der Waals surface area (Å²) in [5.74, 6) is 0. The van der Waals surface area contributed by atoms with Crippen LogP contribution in [-0.4, -0.2) is 82.3 Å². The first kappa shape index (κ1) is 43.2. The molecular weight excluding hydrogens is 785 g/mol. The van der Waals surface area contributed by atoms with Gasteiger partial charge in [0.1, 0.15) is 22.9 Å². The molecule has 0 bridgehead atoms. The summed E-state index contributed by atoms with van der Waals surface area (Å²) in [5, 5.41) is 3.65. The largest absolute Gasteiger partial charge is 0.342 e. The fourth-order valence-corrected chi connectivity index (χ4v) is 13.2. The molecule has 7 rings (SSSR count). The average molecular weight is 842 g/mol. The minimum absolute atomic E-state index is 0.0202. The highest BCUT2D eigenvalue weighted by Gasteiger charge is 2.56. The van der Waals surface area contributed by atoms with E-state index in [-0.39, 0.29) is 36.0 Å². The quantitative estimate of drug-likeness (QED) is 0.110. The second kappa shape index (κ2) is 19.2. The van der Waals surface area contributed by atoms with Crippen LogP contribution in [0.3, 0.4) is 0 Å². The van der Waals surface area contributed by atoms with Gasteiger partial charge in [0.25, 0.3) is 0 Å². The SMILES string of the molecule is Cc1ccc(S(=O)(=O)[N+]2(S(=O)(=O)c3ccc(C)cc3)CCN(Cc3ccccc3)CCNCCCCN(C(c3ccccc3)(c3ccccc3)c3ccccc3)CC2)cc1. The lowest BCUT2D eigenvalue weighted by atomic mass is 9.75. The normalized spacial score (nSPS) is 16.8. The molecule has 312 valence electrons. The molecule has 0 aromatic heterocycles. The molecule has 0 amide bonds. The number of quaternary nitrogens is 1. The topological polar surface area (TPSA) is 86.8 Å². The van der Waals surface area contributed by atoms with Crippen LogP contribution in [0.4, 0.5) is 0 Å². The van der Waals surface area contributed by atoms with Gasteiger partial charge in [-0.05, 0) is 86.3 Å². The highest BCUT2D eigenvalue weighted by atomic mass is 32.3. The Balaban J connectivity index is 1.48. The fourth-order valence-electron chi connectivity index (χ4n) is 8.65. The molecule has 8 nitrogen and oxygen atoms in total. The van der Waals surface area contributed by atoms with Crippen molar-refractivity contribution in [1.29, 1.82) is 0 Å². The average Bonchev–Trinajstić information content (AvgIpc) is 3.27. The van der Waals surface area contributed by atoms with Crippen LogP contribution in [0.5, 0.6) is 0 Å². The summed E-state index contributed by atoms with van der Waals surface area (Å²) in [5.41, 5.74) is 4.97. The van der Waals surface area contributed by atoms with Gasteiger partial charge in [-0.25, -0.2) is 0 Å². The van der Waals surface area contributed by atoms with Crippen LogP contribution in [-0.2, 0) is 32.1 Å². The molecule has 1 aliphatic heterocycles. The van der Waals surface area contributed by atoms with E-state index < -0.39 is 28.9 Å². The molecule has 10 heteroatoms. The second-order valence-electron chi connectivity index (χ2n) is 15.9. The summed E-state index contributed by atoms with van der Waals surface area (Å²) in [7, 11) is -9.28. The highest BCUT2D eigenvalue weighted by Crippen LogP contribution is 2.44. The van der Waals surface area contributed by atoms with Gasteiger partial charge in [-0.3, -0.25) is 9.80 Å². The molecule has 6 aromatic rings. The molecular formula is C50H57N4O4S2+. The number of hydrogen-bond acceptors (Lipinski definition) is 7. The first-order valence-corrected chi connectivity index (χ1v) is 23.9. The number of nitrogens with zero attached hydrogens (tertiary/aromatic N) is 3. The van der Waals surface area contributed by atoms with Gasteiger partial charge in [-0.2, -0.15) is 16.8 Å². The van der Waals surface area contributed by atoms with Gasteiger partial charge in [0, 0.05) is 19.6 Å². The van der Waals surface area contributed by atoms with E-state index in [4.69, 9.17) is 0 Å². The van der Waals surface area contributed by atoms with E-state index in [1.54, 1.807) is 48.5 Å². The number of nitrogens with one attached hydrogen (secondary N) is 1. The van der Waals surface area contributed by atoms with Crippen molar-refractivity contribution in [3.05, 3.63) is 203 Å². The van der Waals surface area contributed by atoms with E-state index in [2.05, 4.69) is 63.6 Å². The van der Waals surface area contributed by atoms with Gasteiger partial charge in [0.15, 0.2) is 0 Å². The standard InChI is InChI=1S/C50H57N4O4S2/c1-42-25-29-48(30-26-42)59(55,56)54(60(57,58)49-31-27-43(2)28-32-49)39-37-52(41-44-17-7-3-8-18-44)36-34-51-33-15-16-35-53(38-40-54)50(45-19-9-4-10-20-45,46-21-11-5-12-22-46)47-23-13-6-14-24-47/h3-14,17-32,51H,15-16,33-41H2,1-2H3/q+1. The van der Waals surface area contributed by atoms with Gasteiger partial charge in [-0.15, -0.1) is 3.29 Å². The fraction of sp³-hybridized carbons (Fsp3) is 0.280. The maximum atomic E-state index is 15.8. The minimum atomic E-state index is -4.64. The Bertz CT molecular complexity index is 2320. The molecule has 1 N–H and O–H groups in total. The minimum Gasteiger partial charge on any atom is -0.315 e. The third-order valence-electron chi connectivity index (χ3n) is 11.9. The summed E-state index contributed by atoms with van der Waals surface area (Å²) in [6, 6.07) is 54.3. The van der Waals surface area contributed by atoms with Crippen LogP contribution in [0.25, 0.3) is 0 Å². The maximum absolute atomic E-state index is 15.8. The van der Waals surface area contributed by atoms with E-state index in [1.807, 2.05) is 86.6 Å². The van der Waals surface area contributed by atoms with Crippen molar-refractivity contribution in [2.45, 2.75) is 48.6 Å². The van der Waals surface area contributed by atoms with Crippen molar-refractivity contribution in [2.24, 2.45) is 0 Å². The van der Waals surface area contributed by atoms with Gasteiger partial charge in [0.05, 0.1) is 18.6 Å². The second-order valence-corrected chi connectivity index (χ2v) is 20.3. The van der Waals surface area contributed by atoms with Gasteiger partial charge in [-0.1, -0.05) is 157 Å². The van der Waals surface area contributed by atoms with Gasteiger partial charge in [0.2, 0.25) is 0 Å². The van der Waals surface area contributed by atoms with Gasteiger partial charge >= 0.3 is 20.0 Å². The van der Waals surface area contributed by atoms with E-state index in [1.165, 1.54) is 0 Å². The Morgan fingerprint density at radius 1 is 0.500 bits per heavy atom. The van der Waals surface area contributed by atoms with Gasteiger partial charge < -0.3 is 5.32 Å². The predicted octanol–water partition coefficient (Wildman–Crippen LogP) is 8.38. The lowest BCUT2D eigenvalue weighted by molar-refractivity contribution is -0.673. The van der Waals surface area contributed by atoms with Crippen molar-refractivity contribution in [3.8, 4) is 0 Å². The molecule has 0 radical (unpaired) electrons. The molecule has 1 saturated heterocycles. The number of benzene rings is 6. The summed E-state index contributed by atoms with van der Waals surface area (Å²) >= 11 is 0. The Morgan fingerprint density at radius 2 is 0.933 bits per heavy atom. The summed E-state index contributed by atoms with van der Waals surface area (Å²) in [4.78, 5) is 4.50. The van der Waals surface area contributed by atoms with Crippen molar-refractivity contribution in [1.82, 2.24) is 15.1 Å². The number of sulfonamides is 2. The number of hydrogen-bond donors (Lipinski definition) is 1. The first-order valence-electron chi connectivity index (χ1n) is 21.0. The predicted molar refractivity (Wildman–Crippen MR) is 241 cm³/mol. The number of aryl methyl sites for hydroxylation is 2. The summed E-state index contributed by atoms with van der Waals surface area (Å²) in [6.07, 6.45) is 1.68. The van der Waals surface area contributed by atoms with Crippen molar-refractivity contribution >= 4 is 20.0 Å². The van der Waals surface area contributed by atoms with Crippen LogP contribution >= 0.6 is 0 Å². The smallest absolute Gasteiger partial charge is 0.315 e. The van der Waals surface area contributed by atoms with Crippen LogP contribution in [0.2, 0.25) is 0 Å². The summed E-state index contributed by atoms with van der Waals surface area (Å²) in [6.45, 7) is 6.98. The Kier molecular flexibility index (Phi) is 13.8. The molecule has 60 heavy (non-hydrogen) atoms. The van der Waals surface area contributed by atoms with Crippen LogP contribution in [0.15, 0.2) is 180 Å². The Morgan fingerprint density at radius 3 is 1.40 bits per heavy atom. The third kappa shape index (κ3) is 8.91. The molecule has 1 fully saturated rings. The monoisotopic (exact) mass is 841 g/mol. The molecule has 1 heterocycles. The maximum Gasteiger partial charge on any atom is 0.342 e. The third-order valence-corrected chi connectivity index (χ3v) is 17.3. The Labute approximate surface area is 357 Å². The molecule has 0 spiro atoms. The molecule has 0 atom stereocenters. The molecule has 6 aromatic carbocycles. The molecule has 0 aliphatic carbocycles. The van der Waals surface area contributed by atoms with Crippen molar-refractivity contribution in [2.75, 3.05) is 52.4 Å². The highest BCUT2D eigenvalue weighted by molar-refractivity contribution is 7.98. The zero-order valence-corrected chi connectivity index (χ0v) is 36.4. The number of rotatable bonds is 10. The zero-order valence-electron chi connectivity index (χ0n) is 34.7. The van der Waals surface area contributed by atoms with E-state index in [9.17, 15) is 0 Å². The molecule has 0 saturated carbocycles.